The van der Waals surface area contributed by atoms with Crippen molar-refractivity contribution in [1.29, 1.82) is 0 Å². The third-order valence-corrected chi connectivity index (χ3v) is 6.01. The van der Waals surface area contributed by atoms with Gasteiger partial charge in [-0.3, -0.25) is 9.59 Å². The van der Waals surface area contributed by atoms with Gasteiger partial charge >= 0.3 is 0 Å². The highest BCUT2D eigenvalue weighted by molar-refractivity contribution is 6.17. The van der Waals surface area contributed by atoms with Gasteiger partial charge in [-0.15, -0.1) is 0 Å². The summed E-state index contributed by atoms with van der Waals surface area (Å²) in [5.41, 5.74) is 9.99. The lowest BCUT2D eigenvalue weighted by Crippen LogP contribution is -2.26. The second-order valence-corrected chi connectivity index (χ2v) is 8.23. The first-order valence-electron chi connectivity index (χ1n) is 11.2. The van der Waals surface area contributed by atoms with Crippen molar-refractivity contribution in [3.05, 3.63) is 113 Å². The van der Waals surface area contributed by atoms with Crippen LogP contribution in [0.4, 0.5) is 10.2 Å². The number of halogens is 1. The third kappa shape index (κ3) is 4.31. The van der Waals surface area contributed by atoms with Crippen LogP contribution < -0.4 is 11.1 Å². The van der Waals surface area contributed by atoms with Crippen molar-refractivity contribution in [1.82, 2.24) is 15.3 Å². The van der Waals surface area contributed by atoms with E-state index in [0.29, 0.717) is 29.7 Å². The van der Waals surface area contributed by atoms with E-state index < -0.39 is 11.7 Å². The van der Waals surface area contributed by atoms with Crippen LogP contribution in [0, 0.1) is 5.82 Å². The van der Waals surface area contributed by atoms with E-state index in [-0.39, 0.29) is 22.9 Å². The molecule has 2 aromatic heterocycles. The van der Waals surface area contributed by atoms with Gasteiger partial charge in [0, 0.05) is 34.8 Å². The zero-order chi connectivity index (χ0) is 24.4. The molecule has 1 amide bonds. The molecular weight excluding hydrogens is 443 g/mol. The number of hydrogen-bond donors (Lipinski definition) is 4. The van der Waals surface area contributed by atoms with E-state index in [4.69, 9.17) is 5.73 Å². The Morgan fingerprint density at radius 2 is 1.63 bits per heavy atom. The largest absolute Gasteiger partial charge is 0.385 e. The Hall–Kier alpha value is -4.65. The number of fused-ring (bicyclic) bond motifs is 1. The van der Waals surface area contributed by atoms with Crippen molar-refractivity contribution in [3.8, 4) is 11.1 Å². The molecule has 174 valence electrons. The first-order chi connectivity index (χ1) is 17.0. The summed E-state index contributed by atoms with van der Waals surface area (Å²) >= 11 is 0. The van der Waals surface area contributed by atoms with Gasteiger partial charge in [-0.25, -0.2) is 4.39 Å². The number of aromatic amines is 2. The van der Waals surface area contributed by atoms with E-state index in [0.717, 1.165) is 16.5 Å². The van der Waals surface area contributed by atoms with Crippen LogP contribution >= 0.6 is 0 Å². The summed E-state index contributed by atoms with van der Waals surface area (Å²) in [6.45, 7) is 0.371. The Balaban J connectivity index is 1.46. The molecule has 0 radical (unpaired) electrons. The fourth-order valence-corrected chi connectivity index (χ4v) is 4.30. The summed E-state index contributed by atoms with van der Waals surface area (Å²) in [4.78, 5) is 32.7. The highest BCUT2D eigenvalue weighted by atomic mass is 19.1. The predicted octanol–water partition coefficient (Wildman–Crippen LogP) is 5.09. The number of benzene rings is 3. The maximum Gasteiger partial charge on any atom is 0.255 e. The summed E-state index contributed by atoms with van der Waals surface area (Å²) in [7, 11) is 0. The van der Waals surface area contributed by atoms with Crippen molar-refractivity contribution in [2.45, 2.75) is 6.42 Å². The Kier molecular flexibility index (Phi) is 5.89. The lowest BCUT2D eigenvalue weighted by atomic mass is 9.96. The molecule has 35 heavy (non-hydrogen) atoms. The van der Waals surface area contributed by atoms with E-state index in [9.17, 15) is 14.0 Å². The number of carbonyl (C=O) groups excluding carboxylic acids is 2. The van der Waals surface area contributed by atoms with Crippen LogP contribution in [0.25, 0.3) is 22.0 Å². The fourth-order valence-electron chi connectivity index (χ4n) is 4.30. The van der Waals surface area contributed by atoms with E-state index in [1.165, 1.54) is 24.3 Å². The number of ketones is 1. The van der Waals surface area contributed by atoms with Gasteiger partial charge in [-0.05, 0) is 35.7 Å². The van der Waals surface area contributed by atoms with Gasteiger partial charge in [-0.1, -0.05) is 60.7 Å². The highest BCUT2D eigenvalue weighted by Crippen LogP contribution is 2.33. The number of hydrogen-bond acceptors (Lipinski definition) is 3. The molecule has 6 nitrogen and oxygen atoms in total. The molecule has 0 saturated heterocycles. The van der Waals surface area contributed by atoms with Crippen molar-refractivity contribution >= 4 is 28.4 Å². The van der Waals surface area contributed by atoms with Gasteiger partial charge in [0.15, 0.2) is 0 Å². The summed E-state index contributed by atoms with van der Waals surface area (Å²) in [5, 5.41) is 4.02. The summed E-state index contributed by atoms with van der Waals surface area (Å²) in [5.74, 6) is -1.06. The van der Waals surface area contributed by atoms with Crippen LogP contribution in [0.2, 0.25) is 0 Å². The number of nitrogens with two attached hydrogens (primary N) is 1. The Labute approximate surface area is 201 Å². The minimum Gasteiger partial charge on any atom is -0.385 e. The molecule has 0 atom stereocenters. The topological polar surface area (TPSA) is 104 Å². The highest BCUT2D eigenvalue weighted by Gasteiger charge is 2.27. The van der Waals surface area contributed by atoms with Crippen molar-refractivity contribution in [2.75, 3.05) is 12.3 Å². The molecule has 5 aromatic rings. The van der Waals surface area contributed by atoms with E-state index >= 15 is 0 Å². The van der Waals surface area contributed by atoms with Crippen molar-refractivity contribution < 1.29 is 14.0 Å². The van der Waals surface area contributed by atoms with Gasteiger partial charge in [-0.2, -0.15) is 0 Å². The minimum absolute atomic E-state index is 0.0770. The number of carbonyl (C=O) groups is 2. The zero-order valence-electron chi connectivity index (χ0n) is 18.8. The Morgan fingerprint density at radius 3 is 2.40 bits per heavy atom. The van der Waals surface area contributed by atoms with Crippen molar-refractivity contribution in [2.24, 2.45) is 0 Å². The summed E-state index contributed by atoms with van der Waals surface area (Å²) in [6, 6.07) is 22.3. The molecule has 0 saturated carbocycles. The quantitative estimate of drug-likeness (QED) is 0.251. The average Bonchev–Trinajstić information content (AvgIpc) is 3.45. The van der Waals surface area contributed by atoms with Gasteiger partial charge in [0.2, 0.25) is 5.78 Å². The second-order valence-electron chi connectivity index (χ2n) is 8.23. The monoisotopic (exact) mass is 466 g/mol. The van der Waals surface area contributed by atoms with Gasteiger partial charge in [0.25, 0.3) is 5.91 Å². The molecule has 5 N–H and O–H groups in total. The SMILES string of the molecule is Nc1[nH]c(C(=O)c2ccccc2)c(-c2ccc(F)cc2)c1C(=O)NCCc1c[nH]c2ccccc12. The molecule has 0 aliphatic carbocycles. The number of rotatable bonds is 7. The maximum atomic E-state index is 13.6. The number of para-hydroxylation sites is 1. The first kappa shape index (κ1) is 22.2. The molecule has 0 bridgehead atoms. The zero-order valence-corrected chi connectivity index (χ0v) is 18.8. The lowest BCUT2D eigenvalue weighted by molar-refractivity contribution is 0.0955. The van der Waals surface area contributed by atoms with E-state index in [1.807, 2.05) is 36.5 Å². The van der Waals surface area contributed by atoms with Gasteiger partial charge in [0.1, 0.15) is 11.6 Å². The molecule has 0 aliphatic rings. The molecular formula is C28H23FN4O2. The smallest absolute Gasteiger partial charge is 0.255 e. The maximum absolute atomic E-state index is 13.6. The summed E-state index contributed by atoms with van der Waals surface area (Å²) in [6.07, 6.45) is 2.55. The normalized spacial score (nSPS) is 11.0. The molecule has 3 aromatic carbocycles. The molecule has 7 heteroatoms. The van der Waals surface area contributed by atoms with Crippen LogP contribution in [-0.2, 0) is 6.42 Å². The summed E-state index contributed by atoms with van der Waals surface area (Å²) < 4.78 is 13.6. The van der Waals surface area contributed by atoms with Crippen LogP contribution in [0.15, 0.2) is 85.1 Å². The van der Waals surface area contributed by atoms with Crippen LogP contribution in [-0.4, -0.2) is 28.2 Å². The number of H-pyrrole nitrogens is 2. The van der Waals surface area contributed by atoms with E-state index in [2.05, 4.69) is 15.3 Å². The predicted molar refractivity (Wildman–Crippen MR) is 135 cm³/mol. The number of amides is 1. The lowest BCUT2D eigenvalue weighted by Gasteiger charge is -2.09. The van der Waals surface area contributed by atoms with Crippen molar-refractivity contribution in [3.63, 3.8) is 0 Å². The fraction of sp³-hybridized carbons (Fsp3) is 0.0714. The minimum atomic E-state index is -0.419. The number of aromatic nitrogens is 2. The second kappa shape index (κ2) is 9.30. The first-order valence-corrected chi connectivity index (χ1v) is 11.2. The molecule has 2 heterocycles. The number of anilines is 1. The number of nitrogen functional groups attached to an aromatic ring is 1. The Bertz CT molecular complexity index is 1520. The van der Waals surface area contributed by atoms with Crippen LogP contribution in [0.5, 0.6) is 0 Å². The van der Waals surface area contributed by atoms with Gasteiger partial charge < -0.3 is 21.0 Å². The van der Waals surface area contributed by atoms with Gasteiger partial charge in [0.05, 0.1) is 11.3 Å². The molecule has 0 spiro atoms. The Morgan fingerprint density at radius 1 is 0.914 bits per heavy atom. The molecule has 5 rings (SSSR count). The molecule has 0 fully saturated rings. The van der Waals surface area contributed by atoms with Crippen LogP contribution in [0.1, 0.15) is 32.0 Å². The van der Waals surface area contributed by atoms with Crippen LogP contribution in [0.3, 0.4) is 0 Å². The molecule has 0 unspecified atom stereocenters. The molecule has 0 aliphatic heterocycles. The number of nitrogens with one attached hydrogen (secondary N) is 3. The third-order valence-electron chi connectivity index (χ3n) is 6.01. The van der Waals surface area contributed by atoms with E-state index in [1.54, 1.807) is 24.3 Å². The average molecular weight is 467 g/mol. The standard InChI is InChI=1S/C28H23FN4O2/c29-20-12-10-17(11-13-20)23-24(27(30)33-25(23)26(34)18-6-2-1-3-7-18)28(35)31-15-14-19-16-32-22-9-5-4-8-21(19)22/h1-13,16,32-33H,14-15,30H2,(H,31,35).